The van der Waals surface area contributed by atoms with Crippen molar-refractivity contribution in [2.24, 2.45) is 0 Å². The van der Waals surface area contributed by atoms with E-state index in [4.69, 9.17) is 5.11 Å². The smallest absolute Gasteiger partial charge is 0.253 e. The zero-order valence-corrected chi connectivity index (χ0v) is 14.4. The normalized spacial score (nSPS) is 11.8. The minimum atomic E-state index is -0.442. The van der Waals surface area contributed by atoms with Gasteiger partial charge in [0.05, 0.1) is 5.56 Å². The number of hydrogen-bond donors (Lipinski definition) is 3. The van der Waals surface area contributed by atoms with Gasteiger partial charge in [0, 0.05) is 38.2 Å². The second-order valence-corrected chi connectivity index (χ2v) is 7.03. The molecule has 0 saturated heterocycles. The van der Waals surface area contributed by atoms with Gasteiger partial charge in [-0.15, -0.1) is 0 Å². The fourth-order valence-corrected chi connectivity index (χ4v) is 2.71. The molecule has 108 valence electrons. The van der Waals surface area contributed by atoms with Crippen LogP contribution in [-0.2, 0) is 0 Å². The molecule has 2 aromatic rings. The summed E-state index contributed by atoms with van der Waals surface area (Å²) in [6.07, 6.45) is 2.21. The molecule has 20 heavy (non-hydrogen) atoms. The molecule has 0 aliphatic carbocycles. The van der Waals surface area contributed by atoms with Crippen molar-refractivity contribution in [1.82, 2.24) is 10.3 Å². The zero-order chi connectivity index (χ0) is 14.9. The van der Waals surface area contributed by atoms with Crippen LogP contribution in [0.3, 0.4) is 0 Å². The molecule has 0 saturated carbocycles. The van der Waals surface area contributed by atoms with Crippen LogP contribution in [0.25, 0.3) is 10.9 Å². The van der Waals surface area contributed by atoms with Crippen molar-refractivity contribution in [3.05, 3.63) is 32.8 Å². The third kappa shape index (κ3) is 3.24. The fraction of sp³-hybridized carbons (Fsp3) is 0.357. The molecule has 0 bridgehead atoms. The van der Waals surface area contributed by atoms with E-state index in [1.165, 1.54) is 0 Å². The average molecular weight is 404 g/mol. The molecule has 0 aliphatic heterocycles. The van der Waals surface area contributed by atoms with Crippen LogP contribution in [0.2, 0.25) is 0 Å². The number of benzene rings is 1. The van der Waals surface area contributed by atoms with Crippen LogP contribution in [0, 0.1) is 0 Å². The van der Waals surface area contributed by atoms with E-state index < -0.39 is 5.54 Å². The molecular formula is C14H16Br2N2O2. The second-order valence-electron chi connectivity index (χ2n) is 5.33. The quantitative estimate of drug-likeness (QED) is 0.730. The van der Waals surface area contributed by atoms with Gasteiger partial charge in [0.25, 0.3) is 5.91 Å². The Balaban J connectivity index is 2.34. The highest BCUT2D eigenvalue weighted by molar-refractivity contribution is 9.13. The van der Waals surface area contributed by atoms with Gasteiger partial charge in [-0.2, -0.15) is 0 Å². The van der Waals surface area contributed by atoms with Crippen LogP contribution in [0.15, 0.2) is 27.3 Å². The van der Waals surface area contributed by atoms with E-state index in [1.807, 2.05) is 26.0 Å². The summed E-state index contributed by atoms with van der Waals surface area (Å²) in [5.41, 5.74) is 1.05. The van der Waals surface area contributed by atoms with E-state index in [-0.39, 0.29) is 12.5 Å². The van der Waals surface area contributed by atoms with Crippen molar-refractivity contribution in [3.8, 4) is 0 Å². The largest absolute Gasteiger partial charge is 0.396 e. The standard InChI is InChI=1S/C14H16Br2N2O2/c1-14(2,3-4-19)18-13(20)9-7-17-12-6-11(16)10(15)5-8(9)12/h5-7,17,19H,3-4H2,1-2H3,(H,18,20). The Morgan fingerprint density at radius 2 is 2.00 bits per heavy atom. The minimum absolute atomic E-state index is 0.0413. The van der Waals surface area contributed by atoms with Gasteiger partial charge in [0.15, 0.2) is 0 Å². The first-order valence-corrected chi connectivity index (χ1v) is 7.82. The lowest BCUT2D eigenvalue weighted by Gasteiger charge is -2.25. The number of aliphatic hydroxyl groups excluding tert-OH is 1. The van der Waals surface area contributed by atoms with E-state index in [1.54, 1.807) is 6.20 Å². The van der Waals surface area contributed by atoms with Crippen molar-refractivity contribution >= 4 is 48.7 Å². The molecule has 3 N–H and O–H groups in total. The summed E-state index contributed by atoms with van der Waals surface area (Å²) >= 11 is 6.88. The number of aliphatic hydroxyl groups is 1. The molecule has 0 atom stereocenters. The molecule has 0 aliphatic rings. The maximum absolute atomic E-state index is 12.4. The molecule has 1 amide bonds. The fourth-order valence-electron chi connectivity index (χ4n) is 2.02. The summed E-state index contributed by atoms with van der Waals surface area (Å²) in [4.78, 5) is 15.5. The molecule has 2 rings (SSSR count). The van der Waals surface area contributed by atoms with Gasteiger partial charge in [-0.25, -0.2) is 0 Å². The lowest BCUT2D eigenvalue weighted by atomic mass is 10.0. The van der Waals surface area contributed by atoms with Gasteiger partial charge in [-0.3, -0.25) is 4.79 Å². The molecule has 1 aromatic carbocycles. The zero-order valence-electron chi connectivity index (χ0n) is 11.3. The maximum Gasteiger partial charge on any atom is 0.253 e. The number of amides is 1. The molecule has 1 heterocycles. The minimum Gasteiger partial charge on any atom is -0.396 e. The summed E-state index contributed by atoms with van der Waals surface area (Å²) in [5.74, 6) is -0.149. The molecule has 0 fully saturated rings. The Morgan fingerprint density at radius 3 is 2.65 bits per heavy atom. The number of nitrogens with one attached hydrogen (secondary N) is 2. The van der Waals surface area contributed by atoms with Crippen molar-refractivity contribution < 1.29 is 9.90 Å². The average Bonchev–Trinajstić information content (AvgIpc) is 2.71. The molecule has 6 heteroatoms. The van der Waals surface area contributed by atoms with Crippen molar-refractivity contribution in [2.45, 2.75) is 25.8 Å². The van der Waals surface area contributed by atoms with E-state index in [0.29, 0.717) is 12.0 Å². The summed E-state index contributed by atoms with van der Waals surface area (Å²) in [5, 5.41) is 12.8. The van der Waals surface area contributed by atoms with Crippen LogP contribution >= 0.6 is 31.9 Å². The predicted octanol–water partition coefficient (Wildman–Crippen LogP) is 3.58. The Morgan fingerprint density at radius 1 is 1.35 bits per heavy atom. The molecule has 4 nitrogen and oxygen atoms in total. The van der Waals surface area contributed by atoms with Gasteiger partial charge >= 0.3 is 0 Å². The van der Waals surface area contributed by atoms with Crippen LogP contribution in [0.5, 0.6) is 0 Å². The SMILES string of the molecule is CC(C)(CCO)NC(=O)c1c[nH]c2cc(Br)c(Br)cc12. The number of H-pyrrole nitrogens is 1. The first-order valence-electron chi connectivity index (χ1n) is 6.23. The Kier molecular flexibility index (Phi) is 4.56. The van der Waals surface area contributed by atoms with Crippen molar-refractivity contribution in [2.75, 3.05) is 6.61 Å². The van der Waals surface area contributed by atoms with E-state index in [0.717, 1.165) is 19.8 Å². The number of carbonyl (C=O) groups is 1. The lowest BCUT2D eigenvalue weighted by molar-refractivity contribution is 0.0901. The first-order chi connectivity index (χ1) is 9.34. The van der Waals surface area contributed by atoms with Gasteiger partial charge in [-0.05, 0) is 64.3 Å². The van der Waals surface area contributed by atoms with Crippen LogP contribution < -0.4 is 5.32 Å². The third-order valence-electron chi connectivity index (χ3n) is 3.16. The van der Waals surface area contributed by atoms with E-state index >= 15 is 0 Å². The summed E-state index contributed by atoms with van der Waals surface area (Å²) in [6, 6.07) is 3.83. The Bertz CT molecular complexity index is 650. The second kappa shape index (κ2) is 5.87. The summed E-state index contributed by atoms with van der Waals surface area (Å²) in [6.45, 7) is 3.82. The summed E-state index contributed by atoms with van der Waals surface area (Å²) < 4.78 is 1.83. The van der Waals surface area contributed by atoms with E-state index in [9.17, 15) is 4.79 Å². The topological polar surface area (TPSA) is 65.1 Å². The van der Waals surface area contributed by atoms with E-state index in [2.05, 4.69) is 42.2 Å². The van der Waals surface area contributed by atoms with Gasteiger partial charge in [-0.1, -0.05) is 0 Å². The number of aromatic amines is 1. The van der Waals surface area contributed by atoms with Crippen LogP contribution in [0.1, 0.15) is 30.6 Å². The predicted molar refractivity (Wildman–Crippen MR) is 86.9 cm³/mol. The van der Waals surface area contributed by atoms with Crippen molar-refractivity contribution in [1.29, 1.82) is 0 Å². The maximum atomic E-state index is 12.4. The van der Waals surface area contributed by atoms with Crippen LogP contribution in [-0.4, -0.2) is 28.1 Å². The highest BCUT2D eigenvalue weighted by Crippen LogP contribution is 2.30. The monoisotopic (exact) mass is 402 g/mol. The highest BCUT2D eigenvalue weighted by atomic mass is 79.9. The number of carbonyl (C=O) groups excluding carboxylic acids is 1. The van der Waals surface area contributed by atoms with Crippen molar-refractivity contribution in [3.63, 3.8) is 0 Å². The first kappa shape index (κ1) is 15.5. The lowest BCUT2D eigenvalue weighted by Crippen LogP contribution is -2.44. The molecule has 0 unspecified atom stereocenters. The highest BCUT2D eigenvalue weighted by Gasteiger charge is 2.22. The molecule has 0 spiro atoms. The third-order valence-corrected chi connectivity index (χ3v) is 5.00. The molecule has 1 aromatic heterocycles. The number of aromatic nitrogens is 1. The number of halogens is 2. The molecule has 0 radical (unpaired) electrons. The Hall–Kier alpha value is -0.850. The van der Waals surface area contributed by atoms with Gasteiger partial charge in [0.2, 0.25) is 0 Å². The number of rotatable bonds is 4. The van der Waals surface area contributed by atoms with Gasteiger partial charge < -0.3 is 15.4 Å². The Labute approximate surface area is 134 Å². The number of hydrogen-bond acceptors (Lipinski definition) is 2. The van der Waals surface area contributed by atoms with Crippen LogP contribution in [0.4, 0.5) is 0 Å². The van der Waals surface area contributed by atoms with Gasteiger partial charge in [0.1, 0.15) is 0 Å². The summed E-state index contributed by atoms with van der Waals surface area (Å²) in [7, 11) is 0. The number of fused-ring (bicyclic) bond motifs is 1. The molecular weight excluding hydrogens is 388 g/mol.